The lowest BCUT2D eigenvalue weighted by molar-refractivity contribution is -0.143. The van der Waals surface area contributed by atoms with E-state index in [-0.39, 0.29) is 17.9 Å². The van der Waals surface area contributed by atoms with Crippen molar-refractivity contribution in [3.63, 3.8) is 0 Å². The zero-order valence-corrected chi connectivity index (χ0v) is 12.5. The van der Waals surface area contributed by atoms with Crippen molar-refractivity contribution in [2.45, 2.75) is 50.5 Å². The van der Waals surface area contributed by atoms with E-state index in [1.165, 1.54) is 12.8 Å². The summed E-state index contributed by atoms with van der Waals surface area (Å²) in [5.74, 6) is 0.164. The molecule has 0 spiro atoms. The minimum absolute atomic E-state index is 0.0221. The Balaban J connectivity index is 1.31. The Morgan fingerprint density at radius 3 is 2.90 bits per heavy atom. The number of fused-ring (bicyclic) bond motifs is 1. The molecule has 112 valence electrons. The summed E-state index contributed by atoms with van der Waals surface area (Å²) in [5.41, 5.74) is 0.313. The number of carbonyl (C=O) groups excluding carboxylic acids is 1. The highest BCUT2D eigenvalue weighted by atomic mass is 32.1. The van der Waals surface area contributed by atoms with E-state index in [0.717, 1.165) is 23.5 Å². The number of carboxylic acid groups (broad SMARTS) is 1. The number of aromatic nitrogens is 1. The van der Waals surface area contributed by atoms with Gasteiger partial charge in [0, 0.05) is 17.3 Å². The Bertz CT molecular complexity index is 610. The summed E-state index contributed by atoms with van der Waals surface area (Å²) in [6.45, 7) is 0. The SMILES string of the molecule is O=C(Cc1csc(C2CC2)n1)N[C@H]1C[C@@H]2C[C@]2(C(=O)O)C1. The second-order valence-corrected chi connectivity index (χ2v) is 7.58. The van der Waals surface area contributed by atoms with Crippen LogP contribution in [0.15, 0.2) is 5.38 Å². The van der Waals surface area contributed by atoms with Gasteiger partial charge in [0.05, 0.1) is 22.5 Å². The highest BCUT2D eigenvalue weighted by molar-refractivity contribution is 7.09. The largest absolute Gasteiger partial charge is 0.481 e. The molecule has 0 aliphatic heterocycles. The number of thiazole rings is 1. The lowest BCUT2D eigenvalue weighted by Gasteiger charge is -2.15. The van der Waals surface area contributed by atoms with Crippen molar-refractivity contribution in [1.82, 2.24) is 10.3 Å². The summed E-state index contributed by atoms with van der Waals surface area (Å²) in [5, 5.41) is 15.4. The van der Waals surface area contributed by atoms with Crippen LogP contribution in [0.25, 0.3) is 0 Å². The fraction of sp³-hybridized carbons (Fsp3) is 0.667. The first-order valence-corrected chi connectivity index (χ1v) is 8.42. The molecule has 3 atom stereocenters. The van der Waals surface area contributed by atoms with Crippen molar-refractivity contribution in [2.24, 2.45) is 11.3 Å². The van der Waals surface area contributed by atoms with Gasteiger partial charge in [-0.1, -0.05) is 0 Å². The predicted molar refractivity (Wildman–Crippen MR) is 77.1 cm³/mol. The third-order valence-electron chi connectivity index (χ3n) is 5.04. The standard InChI is InChI=1S/C15H18N2O3S/c18-12(4-11-7-21-13(17-11)8-1-2-8)16-10-3-9-5-15(9,6-10)14(19)20/h7-10H,1-6H2,(H,16,18)(H,19,20)/t9-,10+,15+/m1/s1. The summed E-state index contributed by atoms with van der Waals surface area (Å²) in [7, 11) is 0. The molecule has 0 bridgehead atoms. The maximum Gasteiger partial charge on any atom is 0.310 e. The Morgan fingerprint density at radius 2 is 2.24 bits per heavy atom. The highest BCUT2D eigenvalue weighted by Gasteiger charge is 2.65. The van der Waals surface area contributed by atoms with Gasteiger partial charge in [0.2, 0.25) is 5.91 Å². The van der Waals surface area contributed by atoms with Crippen LogP contribution in [0.2, 0.25) is 0 Å². The van der Waals surface area contributed by atoms with Crippen molar-refractivity contribution >= 4 is 23.2 Å². The van der Waals surface area contributed by atoms with Crippen LogP contribution in [0.3, 0.4) is 0 Å². The number of hydrogen-bond acceptors (Lipinski definition) is 4. The second kappa shape index (κ2) is 4.53. The van der Waals surface area contributed by atoms with E-state index in [1.807, 2.05) is 5.38 Å². The molecule has 1 amide bonds. The molecule has 21 heavy (non-hydrogen) atoms. The van der Waals surface area contributed by atoms with Gasteiger partial charge in [-0.3, -0.25) is 9.59 Å². The van der Waals surface area contributed by atoms with Gasteiger partial charge >= 0.3 is 5.97 Å². The predicted octanol–water partition coefficient (Wildman–Crippen LogP) is 1.93. The average molecular weight is 306 g/mol. The molecule has 0 aromatic carbocycles. The minimum atomic E-state index is -0.696. The normalized spacial score (nSPS) is 33.5. The molecular formula is C15H18N2O3S. The number of carboxylic acids is 1. The van der Waals surface area contributed by atoms with Crippen molar-refractivity contribution in [3.05, 3.63) is 16.1 Å². The average Bonchev–Trinajstić information content (AvgIpc) is 3.31. The molecule has 0 radical (unpaired) electrons. The molecule has 1 heterocycles. The van der Waals surface area contributed by atoms with Gasteiger partial charge in [-0.25, -0.2) is 4.98 Å². The van der Waals surface area contributed by atoms with Crippen LogP contribution >= 0.6 is 11.3 Å². The van der Waals surface area contributed by atoms with E-state index in [2.05, 4.69) is 10.3 Å². The van der Waals surface area contributed by atoms with E-state index in [4.69, 9.17) is 0 Å². The van der Waals surface area contributed by atoms with E-state index < -0.39 is 11.4 Å². The smallest absolute Gasteiger partial charge is 0.310 e. The fourth-order valence-corrected chi connectivity index (χ4v) is 4.62. The van der Waals surface area contributed by atoms with E-state index in [0.29, 0.717) is 18.8 Å². The van der Waals surface area contributed by atoms with E-state index in [9.17, 15) is 14.7 Å². The van der Waals surface area contributed by atoms with Gasteiger partial charge in [0.1, 0.15) is 0 Å². The Morgan fingerprint density at radius 1 is 1.43 bits per heavy atom. The Hall–Kier alpha value is -1.43. The first-order valence-electron chi connectivity index (χ1n) is 7.54. The van der Waals surface area contributed by atoms with Crippen LogP contribution < -0.4 is 5.32 Å². The number of rotatable bonds is 5. The van der Waals surface area contributed by atoms with Crippen LogP contribution in [-0.2, 0) is 16.0 Å². The quantitative estimate of drug-likeness (QED) is 0.871. The highest BCUT2D eigenvalue weighted by Crippen LogP contribution is 2.63. The first-order chi connectivity index (χ1) is 10.1. The third-order valence-corrected chi connectivity index (χ3v) is 6.10. The van der Waals surface area contributed by atoms with Crippen molar-refractivity contribution in [1.29, 1.82) is 0 Å². The van der Waals surface area contributed by atoms with Crippen LogP contribution in [0.1, 0.15) is 48.7 Å². The van der Waals surface area contributed by atoms with Gasteiger partial charge in [0.15, 0.2) is 0 Å². The van der Waals surface area contributed by atoms with E-state index in [1.54, 1.807) is 11.3 Å². The molecule has 1 aromatic rings. The van der Waals surface area contributed by atoms with Gasteiger partial charge in [-0.2, -0.15) is 0 Å². The number of aliphatic carboxylic acids is 1. The van der Waals surface area contributed by atoms with Crippen LogP contribution in [0, 0.1) is 11.3 Å². The molecule has 3 aliphatic rings. The molecule has 6 heteroatoms. The maximum absolute atomic E-state index is 12.1. The van der Waals surface area contributed by atoms with Gasteiger partial charge in [-0.05, 0) is 38.0 Å². The molecule has 3 fully saturated rings. The molecule has 2 N–H and O–H groups in total. The minimum Gasteiger partial charge on any atom is -0.481 e. The topological polar surface area (TPSA) is 79.3 Å². The number of carbonyl (C=O) groups is 2. The summed E-state index contributed by atoms with van der Waals surface area (Å²) in [6.07, 6.45) is 4.93. The van der Waals surface area contributed by atoms with Crippen molar-refractivity contribution in [3.8, 4) is 0 Å². The third kappa shape index (κ3) is 2.35. The molecular weight excluding hydrogens is 288 g/mol. The zero-order valence-electron chi connectivity index (χ0n) is 11.7. The van der Waals surface area contributed by atoms with Crippen molar-refractivity contribution in [2.75, 3.05) is 0 Å². The Kier molecular flexibility index (Phi) is 2.86. The Labute approximate surface area is 126 Å². The van der Waals surface area contributed by atoms with Gasteiger partial charge in [-0.15, -0.1) is 11.3 Å². The van der Waals surface area contributed by atoms with Crippen LogP contribution in [0.5, 0.6) is 0 Å². The summed E-state index contributed by atoms with van der Waals surface area (Å²) in [6, 6.07) is 0.0221. The lowest BCUT2D eigenvalue weighted by Crippen LogP contribution is -2.36. The van der Waals surface area contributed by atoms with Crippen LogP contribution in [-0.4, -0.2) is 28.0 Å². The fourth-order valence-electron chi connectivity index (χ4n) is 3.63. The number of amides is 1. The molecule has 0 unspecified atom stereocenters. The molecule has 0 saturated heterocycles. The summed E-state index contributed by atoms with van der Waals surface area (Å²) in [4.78, 5) is 27.8. The zero-order chi connectivity index (χ0) is 14.6. The molecule has 5 nitrogen and oxygen atoms in total. The molecule has 3 saturated carbocycles. The molecule has 1 aromatic heterocycles. The molecule has 4 rings (SSSR count). The maximum atomic E-state index is 12.1. The van der Waals surface area contributed by atoms with E-state index >= 15 is 0 Å². The number of hydrogen-bond donors (Lipinski definition) is 2. The van der Waals surface area contributed by atoms with Gasteiger partial charge in [0.25, 0.3) is 0 Å². The number of nitrogens with one attached hydrogen (secondary N) is 1. The van der Waals surface area contributed by atoms with Crippen molar-refractivity contribution < 1.29 is 14.7 Å². The lowest BCUT2D eigenvalue weighted by atomic mass is 10.0. The summed E-state index contributed by atoms with van der Waals surface area (Å²) >= 11 is 1.65. The number of nitrogens with zero attached hydrogens (tertiary/aromatic N) is 1. The second-order valence-electron chi connectivity index (χ2n) is 6.69. The van der Waals surface area contributed by atoms with Gasteiger partial charge < -0.3 is 10.4 Å². The molecule has 3 aliphatic carbocycles. The van der Waals surface area contributed by atoms with Crippen LogP contribution in [0.4, 0.5) is 0 Å². The summed E-state index contributed by atoms with van der Waals surface area (Å²) < 4.78 is 0. The monoisotopic (exact) mass is 306 g/mol. The first kappa shape index (κ1) is 13.2.